The number of H-pyrrole nitrogens is 1. The van der Waals surface area contributed by atoms with Gasteiger partial charge in [-0.25, -0.2) is 4.98 Å². The molecule has 29 heavy (non-hydrogen) atoms. The van der Waals surface area contributed by atoms with E-state index in [-0.39, 0.29) is 30.7 Å². The number of rotatable bonds is 5. The van der Waals surface area contributed by atoms with Gasteiger partial charge in [0.2, 0.25) is 0 Å². The van der Waals surface area contributed by atoms with Gasteiger partial charge >= 0.3 is 0 Å². The summed E-state index contributed by atoms with van der Waals surface area (Å²) in [5, 5.41) is 5.27. The fourth-order valence-corrected chi connectivity index (χ4v) is 3.26. The molecule has 0 bridgehead atoms. The van der Waals surface area contributed by atoms with Crippen LogP contribution in [-0.4, -0.2) is 48.0 Å². The van der Waals surface area contributed by atoms with Gasteiger partial charge in [-0.1, -0.05) is 48.5 Å². The number of hydrogen-bond acceptors (Lipinski definition) is 3. The summed E-state index contributed by atoms with van der Waals surface area (Å²) < 4.78 is 0. The maximum atomic E-state index is 12.6. The minimum absolute atomic E-state index is 0. The Bertz CT molecular complexity index is 1120. The summed E-state index contributed by atoms with van der Waals surface area (Å²) in [6, 6.07) is 20.1. The maximum absolute atomic E-state index is 12.6. The van der Waals surface area contributed by atoms with Crippen LogP contribution in [-0.2, 0) is 0 Å². The van der Waals surface area contributed by atoms with Gasteiger partial charge < -0.3 is 15.2 Å². The highest BCUT2D eigenvalue weighted by Gasteiger charge is 2.15. The van der Waals surface area contributed by atoms with Crippen molar-refractivity contribution in [2.75, 3.05) is 27.2 Å². The van der Waals surface area contributed by atoms with Crippen molar-refractivity contribution < 1.29 is 4.79 Å². The lowest BCUT2D eigenvalue weighted by Crippen LogP contribution is -2.31. The highest BCUT2D eigenvalue weighted by atomic mass is 35.5. The number of hydrogen-bond donors (Lipinski definition) is 2. The monoisotopic (exact) mass is 430 g/mol. The first kappa shape index (κ1) is 22.7. The SMILES string of the molecule is CN(C)CCNC(=O)c1cccc2[nH]c(-c3cccc4ccccc34)nc12.Cl.Cl. The smallest absolute Gasteiger partial charge is 0.253 e. The van der Waals surface area contributed by atoms with Gasteiger partial charge in [-0.05, 0) is 37.0 Å². The van der Waals surface area contributed by atoms with E-state index in [1.807, 2.05) is 55.4 Å². The number of para-hydroxylation sites is 1. The van der Waals surface area contributed by atoms with Crippen molar-refractivity contribution in [3.63, 3.8) is 0 Å². The lowest BCUT2D eigenvalue weighted by atomic mass is 10.0. The first-order valence-electron chi connectivity index (χ1n) is 9.03. The lowest BCUT2D eigenvalue weighted by Gasteiger charge is -2.10. The quantitative estimate of drug-likeness (QED) is 0.489. The van der Waals surface area contributed by atoms with E-state index in [4.69, 9.17) is 4.98 Å². The summed E-state index contributed by atoms with van der Waals surface area (Å²) in [6.07, 6.45) is 0. The van der Waals surface area contributed by atoms with E-state index in [1.54, 1.807) is 0 Å². The Hall–Kier alpha value is -2.60. The molecule has 0 fully saturated rings. The van der Waals surface area contributed by atoms with Crippen LogP contribution in [0.15, 0.2) is 60.7 Å². The van der Waals surface area contributed by atoms with Crippen LogP contribution in [0.2, 0.25) is 0 Å². The number of aromatic nitrogens is 2. The van der Waals surface area contributed by atoms with E-state index in [0.29, 0.717) is 17.6 Å². The average molecular weight is 431 g/mol. The number of aromatic amines is 1. The summed E-state index contributed by atoms with van der Waals surface area (Å²) in [4.78, 5) is 22.8. The number of likely N-dealkylation sites (N-methyl/N-ethyl adjacent to an activating group) is 1. The molecule has 0 saturated heterocycles. The molecule has 4 aromatic rings. The first-order valence-corrected chi connectivity index (χ1v) is 9.03. The van der Waals surface area contributed by atoms with Crippen LogP contribution in [0.5, 0.6) is 0 Å². The van der Waals surface area contributed by atoms with E-state index >= 15 is 0 Å². The Morgan fingerprint density at radius 2 is 1.72 bits per heavy atom. The average Bonchev–Trinajstić information content (AvgIpc) is 3.11. The molecule has 0 saturated carbocycles. The summed E-state index contributed by atoms with van der Waals surface area (Å²) in [5.74, 6) is 0.675. The van der Waals surface area contributed by atoms with Crippen molar-refractivity contribution in [1.82, 2.24) is 20.2 Å². The Kier molecular flexibility index (Phi) is 7.62. The number of carbonyl (C=O) groups is 1. The van der Waals surface area contributed by atoms with E-state index in [9.17, 15) is 4.79 Å². The summed E-state index contributed by atoms with van der Waals surface area (Å²) in [7, 11) is 3.97. The zero-order valence-corrected chi connectivity index (χ0v) is 17.9. The van der Waals surface area contributed by atoms with Crippen LogP contribution in [0.4, 0.5) is 0 Å². The number of imidazole rings is 1. The van der Waals surface area contributed by atoms with Gasteiger partial charge in [0, 0.05) is 18.7 Å². The summed E-state index contributed by atoms with van der Waals surface area (Å²) in [6.45, 7) is 1.40. The van der Waals surface area contributed by atoms with Crippen LogP contribution in [0.1, 0.15) is 10.4 Å². The van der Waals surface area contributed by atoms with Gasteiger partial charge in [0.25, 0.3) is 5.91 Å². The van der Waals surface area contributed by atoms with Crippen LogP contribution in [0, 0.1) is 0 Å². The van der Waals surface area contributed by atoms with Crippen LogP contribution >= 0.6 is 24.8 Å². The van der Waals surface area contributed by atoms with Gasteiger partial charge in [-0.15, -0.1) is 24.8 Å². The molecule has 0 unspecified atom stereocenters. The third kappa shape index (κ3) is 4.70. The highest BCUT2D eigenvalue weighted by Crippen LogP contribution is 2.29. The first-order chi connectivity index (χ1) is 13.1. The molecular weight excluding hydrogens is 407 g/mol. The Balaban J connectivity index is 0.00000150. The zero-order chi connectivity index (χ0) is 18.8. The molecule has 5 nitrogen and oxygen atoms in total. The number of nitrogens with one attached hydrogen (secondary N) is 2. The molecule has 1 aromatic heterocycles. The van der Waals surface area contributed by atoms with Gasteiger partial charge in [0.05, 0.1) is 11.1 Å². The minimum Gasteiger partial charge on any atom is -0.351 e. The molecule has 1 amide bonds. The highest BCUT2D eigenvalue weighted by molar-refractivity contribution is 6.06. The maximum Gasteiger partial charge on any atom is 0.253 e. The number of benzene rings is 3. The topological polar surface area (TPSA) is 61.0 Å². The van der Waals surface area contributed by atoms with Gasteiger partial charge in [0.1, 0.15) is 11.3 Å². The molecular formula is C22H24Cl2N4O. The van der Waals surface area contributed by atoms with E-state index in [2.05, 4.69) is 34.6 Å². The predicted molar refractivity (Wildman–Crippen MR) is 124 cm³/mol. The molecule has 4 rings (SSSR count). The number of amides is 1. The van der Waals surface area contributed by atoms with E-state index in [0.717, 1.165) is 34.2 Å². The second-order valence-corrected chi connectivity index (χ2v) is 6.87. The lowest BCUT2D eigenvalue weighted by molar-refractivity contribution is 0.0952. The van der Waals surface area contributed by atoms with Crippen molar-refractivity contribution in [3.8, 4) is 11.4 Å². The third-order valence-electron chi connectivity index (χ3n) is 4.65. The fraction of sp³-hybridized carbons (Fsp3) is 0.182. The molecule has 1 heterocycles. The Morgan fingerprint density at radius 1 is 1.00 bits per heavy atom. The van der Waals surface area contributed by atoms with Crippen molar-refractivity contribution in [2.24, 2.45) is 0 Å². The van der Waals surface area contributed by atoms with Crippen molar-refractivity contribution >= 4 is 52.5 Å². The molecule has 0 spiro atoms. The molecule has 7 heteroatoms. The number of fused-ring (bicyclic) bond motifs is 2. The van der Waals surface area contributed by atoms with Crippen LogP contribution < -0.4 is 5.32 Å². The van der Waals surface area contributed by atoms with Crippen LogP contribution in [0.25, 0.3) is 33.2 Å². The van der Waals surface area contributed by atoms with Crippen molar-refractivity contribution in [1.29, 1.82) is 0 Å². The number of carbonyl (C=O) groups excluding carboxylic acids is 1. The third-order valence-corrected chi connectivity index (χ3v) is 4.65. The molecule has 0 aliphatic rings. The number of nitrogens with zero attached hydrogens (tertiary/aromatic N) is 2. The van der Waals surface area contributed by atoms with Crippen LogP contribution in [0.3, 0.4) is 0 Å². The predicted octanol–water partition coefficient (Wildman–Crippen LogP) is 4.52. The molecule has 0 aliphatic heterocycles. The summed E-state index contributed by atoms with van der Waals surface area (Å²) in [5.41, 5.74) is 3.18. The normalized spacial score (nSPS) is 10.6. The van der Waals surface area contributed by atoms with Gasteiger partial charge in [0.15, 0.2) is 0 Å². The Morgan fingerprint density at radius 3 is 2.52 bits per heavy atom. The molecule has 2 N–H and O–H groups in total. The zero-order valence-electron chi connectivity index (χ0n) is 16.3. The van der Waals surface area contributed by atoms with Gasteiger partial charge in [-0.3, -0.25) is 4.79 Å². The largest absolute Gasteiger partial charge is 0.351 e. The second kappa shape index (κ2) is 9.74. The van der Waals surface area contributed by atoms with Crippen molar-refractivity contribution in [3.05, 3.63) is 66.2 Å². The van der Waals surface area contributed by atoms with Crippen molar-refractivity contribution in [2.45, 2.75) is 0 Å². The minimum atomic E-state index is -0.0987. The van der Waals surface area contributed by atoms with Gasteiger partial charge in [-0.2, -0.15) is 0 Å². The molecule has 0 atom stereocenters. The number of halogens is 2. The van der Waals surface area contributed by atoms with E-state index in [1.165, 1.54) is 0 Å². The standard InChI is InChI=1S/C22H22N4O.2ClH/c1-26(2)14-13-23-22(27)18-11-6-12-19-20(18)25-21(24-19)17-10-5-8-15-7-3-4-9-16(15)17;;/h3-12H,13-14H2,1-2H3,(H,23,27)(H,24,25);2*1H. The molecule has 3 aromatic carbocycles. The molecule has 0 aliphatic carbocycles. The molecule has 152 valence electrons. The van der Waals surface area contributed by atoms with E-state index < -0.39 is 0 Å². The fourth-order valence-electron chi connectivity index (χ4n) is 3.26. The molecule has 0 radical (unpaired) electrons. The second-order valence-electron chi connectivity index (χ2n) is 6.87. The Labute approximate surface area is 182 Å². The summed E-state index contributed by atoms with van der Waals surface area (Å²) >= 11 is 0.